The Hall–Kier alpha value is -3.53. The zero-order chi connectivity index (χ0) is 19.4. The molecular formula is C16H13ClN6O4. The number of halogens is 1. The van der Waals surface area contributed by atoms with Crippen molar-refractivity contribution in [2.45, 2.75) is 6.42 Å². The van der Waals surface area contributed by atoms with Crippen molar-refractivity contribution in [1.82, 2.24) is 15.1 Å². The van der Waals surface area contributed by atoms with Gasteiger partial charge in [0, 0.05) is 29.6 Å². The molecule has 3 aromatic rings. The number of nitrogens with zero attached hydrogens (tertiary/aromatic N) is 4. The molecule has 138 valence electrons. The van der Waals surface area contributed by atoms with E-state index in [1.54, 1.807) is 24.3 Å². The number of pyridine rings is 1. The number of amides is 1. The number of carbonyl (C=O) groups excluding carboxylic acids is 1. The van der Waals surface area contributed by atoms with Crippen LogP contribution in [0.1, 0.15) is 16.2 Å². The molecule has 2 heterocycles. The molecule has 0 aliphatic rings. The SMILES string of the molecule is NC(=O)c1cc([N+](=O)[O-])cnc1NCCc1nc(-c2ccc(Cl)cc2)no1. The Morgan fingerprint density at radius 2 is 2.07 bits per heavy atom. The minimum Gasteiger partial charge on any atom is -0.369 e. The Balaban J connectivity index is 1.66. The molecular weight excluding hydrogens is 376 g/mol. The first kappa shape index (κ1) is 18.3. The fourth-order valence-electron chi connectivity index (χ4n) is 2.24. The topological polar surface area (TPSA) is 150 Å². The molecule has 3 rings (SSSR count). The summed E-state index contributed by atoms with van der Waals surface area (Å²) >= 11 is 5.84. The van der Waals surface area contributed by atoms with Crippen LogP contribution in [0.3, 0.4) is 0 Å². The van der Waals surface area contributed by atoms with Crippen LogP contribution in [0.2, 0.25) is 5.02 Å². The number of nitro groups is 1. The number of aromatic nitrogens is 3. The van der Waals surface area contributed by atoms with Gasteiger partial charge in [0.1, 0.15) is 12.0 Å². The maximum atomic E-state index is 11.5. The lowest BCUT2D eigenvalue weighted by Gasteiger charge is -2.07. The second-order valence-electron chi connectivity index (χ2n) is 5.41. The Kier molecular flexibility index (Phi) is 5.27. The minimum absolute atomic E-state index is 0.0726. The molecule has 2 aromatic heterocycles. The fourth-order valence-corrected chi connectivity index (χ4v) is 2.37. The predicted octanol–water partition coefficient (Wildman–Crippen LogP) is 2.45. The van der Waals surface area contributed by atoms with Crippen molar-refractivity contribution in [2.75, 3.05) is 11.9 Å². The number of anilines is 1. The normalized spacial score (nSPS) is 10.6. The summed E-state index contributed by atoms with van der Waals surface area (Å²) < 4.78 is 5.18. The standard InChI is InChI=1S/C16H13ClN6O4/c17-10-3-1-9(2-4-10)15-21-13(27-22-15)5-6-19-16-12(14(18)24)7-11(8-20-16)23(25)26/h1-4,7-8H,5-6H2,(H2,18,24)(H,19,20). The van der Waals surface area contributed by atoms with Gasteiger partial charge in [0.15, 0.2) is 0 Å². The van der Waals surface area contributed by atoms with Crippen molar-refractivity contribution in [2.24, 2.45) is 5.73 Å². The first-order chi connectivity index (χ1) is 12.9. The van der Waals surface area contributed by atoms with Crippen LogP contribution in [-0.2, 0) is 6.42 Å². The third kappa shape index (κ3) is 4.36. The lowest BCUT2D eigenvalue weighted by atomic mass is 10.2. The zero-order valence-corrected chi connectivity index (χ0v) is 14.5. The van der Waals surface area contributed by atoms with Gasteiger partial charge in [-0.15, -0.1) is 0 Å². The number of carbonyl (C=O) groups is 1. The van der Waals surface area contributed by atoms with E-state index >= 15 is 0 Å². The molecule has 1 amide bonds. The molecule has 0 aliphatic heterocycles. The van der Waals surface area contributed by atoms with Crippen molar-refractivity contribution in [3.05, 3.63) is 63.1 Å². The lowest BCUT2D eigenvalue weighted by molar-refractivity contribution is -0.385. The van der Waals surface area contributed by atoms with E-state index in [0.29, 0.717) is 29.7 Å². The average molecular weight is 389 g/mol. The van der Waals surface area contributed by atoms with Crippen LogP contribution in [0.5, 0.6) is 0 Å². The van der Waals surface area contributed by atoms with Gasteiger partial charge >= 0.3 is 0 Å². The molecule has 0 saturated heterocycles. The van der Waals surface area contributed by atoms with Crippen LogP contribution < -0.4 is 11.1 Å². The van der Waals surface area contributed by atoms with Crippen molar-refractivity contribution < 1.29 is 14.2 Å². The van der Waals surface area contributed by atoms with E-state index < -0.39 is 10.8 Å². The molecule has 3 N–H and O–H groups in total. The van der Waals surface area contributed by atoms with E-state index in [0.717, 1.165) is 17.8 Å². The van der Waals surface area contributed by atoms with E-state index in [1.807, 2.05) is 0 Å². The van der Waals surface area contributed by atoms with E-state index in [9.17, 15) is 14.9 Å². The van der Waals surface area contributed by atoms with Gasteiger partial charge in [-0.25, -0.2) is 4.98 Å². The largest absolute Gasteiger partial charge is 0.369 e. The lowest BCUT2D eigenvalue weighted by Crippen LogP contribution is -2.17. The Morgan fingerprint density at radius 1 is 1.33 bits per heavy atom. The Morgan fingerprint density at radius 3 is 2.74 bits per heavy atom. The summed E-state index contributed by atoms with van der Waals surface area (Å²) in [5.41, 5.74) is 5.62. The summed E-state index contributed by atoms with van der Waals surface area (Å²) in [5.74, 6) is 0.116. The van der Waals surface area contributed by atoms with Gasteiger partial charge in [-0.05, 0) is 24.3 Å². The number of primary amides is 1. The summed E-state index contributed by atoms with van der Waals surface area (Å²) in [6.07, 6.45) is 1.39. The highest BCUT2D eigenvalue weighted by atomic mass is 35.5. The number of rotatable bonds is 7. The monoisotopic (exact) mass is 388 g/mol. The van der Waals surface area contributed by atoms with E-state index in [1.165, 1.54) is 0 Å². The van der Waals surface area contributed by atoms with Crippen LogP contribution in [-0.4, -0.2) is 32.5 Å². The summed E-state index contributed by atoms with van der Waals surface area (Å²) in [6.45, 7) is 0.299. The molecule has 0 aliphatic carbocycles. The van der Waals surface area contributed by atoms with Gasteiger partial charge in [0.25, 0.3) is 11.6 Å². The molecule has 0 bridgehead atoms. The molecule has 0 fully saturated rings. The third-order valence-corrected chi connectivity index (χ3v) is 3.80. The van der Waals surface area contributed by atoms with Crippen LogP contribution in [0.15, 0.2) is 41.1 Å². The van der Waals surface area contributed by atoms with Crippen LogP contribution in [0, 0.1) is 10.1 Å². The third-order valence-electron chi connectivity index (χ3n) is 3.55. The second kappa shape index (κ2) is 7.79. The predicted molar refractivity (Wildman–Crippen MR) is 96.3 cm³/mol. The smallest absolute Gasteiger partial charge is 0.288 e. The number of nitrogens with one attached hydrogen (secondary N) is 1. The molecule has 11 heteroatoms. The molecule has 10 nitrogen and oxygen atoms in total. The Bertz CT molecular complexity index is 989. The second-order valence-corrected chi connectivity index (χ2v) is 5.84. The quantitative estimate of drug-likeness (QED) is 0.462. The van der Waals surface area contributed by atoms with Crippen LogP contribution >= 0.6 is 11.6 Å². The number of benzene rings is 1. The van der Waals surface area contributed by atoms with Crippen molar-refractivity contribution >= 4 is 29.0 Å². The molecule has 1 aromatic carbocycles. The number of nitrogens with two attached hydrogens (primary N) is 1. The van der Waals surface area contributed by atoms with Gasteiger partial charge in [0.05, 0.1) is 10.5 Å². The van der Waals surface area contributed by atoms with E-state index in [4.69, 9.17) is 21.9 Å². The van der Waals surface area contributed by atoms with Crippen molar-refractivity contribution in [3.63, 3.8) is 0 Å². The van der Waals surface area contributed by atoms with Crippen LogP contribution in [0.4, 0.5) is 11.5 Å². The zero-order valence-electron chi connectivity index (χ0n) is 13.8. The molecule has 0 spiro atoms. The maximum absolute atomic E-state index is 11.5. The van der Waals surface area contributed by atoms with Gasteiger partial charge < -0.3 is 15.6 Å². The Labute approximate surface area is 157 Å². The van der Waals surface area contributed by atoms with E-state index in [2.05, 4.69) is 20.4 Å². The van der Waals surface area contributed by atoms with Gasteiger partial charge in [0.2, 0.25) is 11.7 Å². The highest BCUT2D eigenvalue weighted by Crippen LogP contribution is 2.20. The summed E-state index contributed by atoms with van der Waals surface area (Å²) in [6, 6.07) is 8.06. The summed E-state index contributed by atoms with van der Waals surface area (Å²) in [4.78, 5) is 29.8. The fraction of sp³-hybridized carbons (Fsp3) is 0.125. The highest BCUT2D eigenvalue weighted by molar-refractivity contribution is 6.30. The minimum atomic E-state index is -0.823. The van der Waals surface area contributed by atoms with Crippen molar-refractivity contribution in [3.8, 4) is 11.4 Å². The highest BCUT2D eigenvalue weighted by Gasteiger charge is 2.16. The molecule has 27 heavy (non-hydrogen) atoms. The summed E-state index contributed by atoms with van der Waals surface area (Å²) in [5, 5.41) is 18.2. The van der Waals surface area contributed by atoms with Crippen LogP contribution in [0.25, 0.3) is 11.4 Å². The number of hydrogen-bond acceptors (Lipinski definition) is 8. The first-order valence-electron chi connectivity index (χ1n) is 7.70. The van der Waals surface area contributed by atoms with E-state index in [-0.39, 0.29) is 17.1 Å². The van der Waals surface area contributed by atoms with Gasteiger partial charge in [-0.1, -0.05) is 16.8 Å². The maximum Gasteiger partial charge on any atom is 0.288 e. The summed E-state index contributed by atoms with van der Waals surface area (Å²) in [7, 11) is 0. The number of hydrogen-bond donors (Lipinski definition) is 2. The van der Waals surface area contributed by atoms with Gasteiger partial charge in [-0.3, -0.25) is 14.9 Å². The average Bonchev–Trinajstić information content (AvgIpc) is 3.11. The molecule has 0 unspecified atom stereocenters. The first-order valence-corrected chi connectivity index (χ1v) is 8.08. The van der Waals surface area contributed by atoms with Gasteiger partial charge in [-0.2, -0.15) is 4.98 Å². The van der Waals surface area contributed by atoms with Crippen molar-refractivity contribution in [1.29, 1.82) is 0 Å². The molecule has 0 radical (unpaired) electrons. The molecule has 0 atom stereocenters. The molecule has 0 saturated carbocycles.